The fourth-order valence-corrected chi connectivity index (χ4v) is 2.57. The molecule has 0 radical (unpaired) electrons. The highest BCUT2D eigenvalue weighted by Gasteiger charge is 2.15. The molecule has 0 aliphatic heterocycles. The Hall–Kier alpha value is -1.15. The maximum atomic E-state index is 12.4. The molecule has 0 saturated carbocycles. The minimum atomic E-state index is 0.250. The molecule has 0 bridgehead atoms. The Morgan fingerprint density at radius 3 is 2.11 bits per heavy atom. The Balaban J connectivity index is 2.90. The van der Waals surface area contributed by atoms with Crippen LogP contribution in [0.25, 0.3) is 0 Å². The Morgan fingerprint density at radius 2 is 1.67 bits per heavy atom. The molecule has 2 heteroatoms. The Bertz CT molecular complexity index is 400. The Labute approximate surface area is 111 Å². The summed E-state index contributed by atoms with van der Waals surface area (Å²) in [4.78, 5) is 14.6. The number of hydrogen-bond acceptors (Lipinski definition) is 2. The van der Waals surface area contributed by atoms with Crippen molar-refractivity contribution in [3.8, 4) is 0 Å². The van der Waals surface area contributed by atoms with E-state index in [9.17, 15) is 4.79 Å². The standard InChI is InChI=1S/C16H25NO/c1-6-8-17(7-2)11-15(18)16-13(4)9-12(3)10-14(16)5/h9-10H,6-8,11H2,1-5H3. The van der Waals surface area contributed by atoms with E-state index in [1.165, 1.54) is 5.56 Å². The second kappa shape index (κ2) is 6.69. The fraction of sp³-hybridized carbons (Fsp3) is 0.562. The second-order valence-electron chi connectivity index (χ2n) is 5.07. The van der Waals surface area contributed by atoms with Crippen LogP contribution in [0.4, 0.5) is 0 Å². The van der Waals surface area contributed by atoms with Crippen molar-refractivity contribution in [1.82, 2.24) is 4.90 Å². The number of hydrogen-bond donors (Lipinski definition) is 0. The summed E-state index contributed by atoms with van der Waals surface area (Å²) in [5.74, 6) is 0.250. The molecule has 100 valence electrons. The first-order valence-electron chi connectivity index (χ1n) is 6.83. The number of ketones is 1. The molecule has 1 rings (SSSR count). The maximum Gasteiger partial charge on any atom is 0.177 e. The number of carbonyl (C=O) groups is 1. The van der Waals surface area contributed by atoms with E-state index in [1.807, 2.05) is 13.8 Å². The zero-order chi connectivity index (χ0) is 13.7. The third-order valence-electron chi connectivity index (χ3n) is 3.31. The SMILES string of the molecule is CCCN(CC)CC(=O)c1c(C)cc(C)cc1C. The van der Waals surface area contributed by atoms with Gasteiger partial charge in [0, 0.05) is 5.56 Å². The number of aryl methyl sites for hydroxylation is 3. The zero-order valence-electron chi connectivity index (χ0n) is 12.3. The number of nitrogens with zero attached hydrogens (tertiary/aromatic N) is 1. The first-order chi connectivity index (χ1) is 8.49. The summed E-state index contributed by atoms with van der Waals surface area (Å²) in [7, 11) is 0. The van der Waals surface area contributed by atoms with Gasteiger partial charge in [-0.05, 0) is 51.4 Å². The fourth-order valence-electron chi connectivity index (χ4n) is 2.57. The summed E-state index contributed by atoms with van der Waals surface area (Å²) in [5, 5.41) is 0. The third kappa shape index (κ3) is 3.67. The number of Topliss-reactive ketones (excluding diaryl/α,β-unsaturated/α-hetero) is 1. The van der Waals surface area contributed by atoms with Crippen molar-refractivity contribution in [2.24, 2.45) is 0 Å². The molecule has 0 unspecified atom stereocenters. The molecule has 0 aliphatic rings. The van der Waals surface area contributed by atoms with Crippen LogP contribution >= 0.6 is 0 Å². The quantitative estimate of drug-likeness (QED) is 0.717. The molecule has 18 heavy (non-hydrogen) atoms. The van der Waals surface area contributed by atoms with Crippen molar-refractivity contribution < 1.29 is 4.79 Å². The molecule has 0 spiro atoms. The van der Waals surface area contributed by atoms with Crippen LogP contribution in [0.1, 0.15) is 47.3 Å². The zero-order valence-corrected chi connectivity index (χ0v) is 12.3. The van der Waals surface area contributed by atoms with Crippen LogP contribution in [0, 0.1) is 20.8 Å². The van der Waals surface area contributed by atoms with Crippen LogP contribution in [0.15, 0.2) is 12.1 Å². The van der Waals surface area contributed by atoms with Crippen molar-refractivity contribution in [1.29, 1.82) is 0 Å². The normalized spacial score (nSPS) is 11.0. The lowest BCUT2D eigenvalue weighted by Crippen LogP contribution is -2.31. The molecule has 0 saturated heterocycles. The van der Waals surface area contributed by atoms with E-state index in [2.05, 4.69) is 37.8 Å². The topological polar surface area (TPSA) is 20.3 Å². The highest BCUT2D eigenvalue weighted by molar-refractivity contribution is 6.00. The van der Waals surface area contributed by atoms with Gasteiger partial charge in [-0.25, -0.2) is 0 Å². The molecule has 1 aromatic carbocycles. The van der Waals surface area contributed by atoms with Crippen LogP contribution in [-0.4, -0.2) is 30.3 Å². The predicted molar refractivity (Wildman–Crippen MR) is 77.4 cm³/mol. The predicted octanol–water partition coefficient (Wildman–Crippen LogP) is 3.53. The second-order valence-corrected chi connectivity index (χ2v) is 5.07. The minimum Gasteiger partial charge on any atom is -0.296 e. The molecule has 0 aliphatic carbocycles. The Morgan fingerprint density at radius 1 is 1.11 bits per heavy atom. The minimum absolute atomic E-state index is 0.250. The first kappa shape index (κ1) is 14.9. The van der Waals surface area contributed by atoms with Crippen molar-refractivity contribution in [3.05, 3.63) is 34.4 Å². The summed E-state index contributed by atoms with van der Waals surface area (Å²) < 4.78 is 0. The molecule has 0 heterocycles. The lowest BCUT2D eigenvalue weighted by molar-refractivity contribution is 0.0933. The van der Waals surface area contributed by atoms with Gasteiger partial charge in [-0.3, -0.25) is 9.69 Å². The summed E-state index contributed by atoms with van der Waals surface area (Å²) in [6.07, 6.45) is 1.09. The van der Waals surface area contributed by atoms with Crippen LogP contribution in [0.3, 0.4) is 0 Å². The molecule has 2 nitrogen and oxygen atoms in total. The number of rotatable bonds is 6. The first-order valence-corrected chi connectivity index (χ1v) is 6.83. The molecule has 0 aromatic heterocycles. The van der Waals surface area contributed by atoms with Gasteiger partial charge in [0.15, 0.2) is 5.78 Å². The summed E-state index contributed by atoms with van der Waals surface area (Å²) in [6.45, 7) is 12.9. The summed E-state index contributed by atoms with van der Waals surface area (Å²) in [6, 6.07) is 4.19. The van der Waals surface area contributed by atoms with Crippen molar-refractivity contribution in [3.63, 3.8) is 0 Å². The lowest BCUT2D eigenvalue weighted by atomic mass is 9.96. The van der Waals surface area contributed by atoms with E-state index < -0.39 is 0 Å². The molecule has 0 fully saturated rings. The number of benzene rings is 1. The van der Waals surface area contributed by atoms with Gasteiger partial charge in [-0.15, -0.1) is 0 Å². The molecular formula is C16H25NO. The average molecular weight is 247 g/mol. The van der Waals surface area contributed by atoms with E-state index in [4.69, 9.17) is 0 Å². The smallest absolute Gasteiger partial charge is 0.177 e. The van der Waals surface area contributed by atoms with Gasteiger partial charge in [0.25, 0.3) is 0 Å². The molecule has 0 N–H and O–H groups in total. The van der Waals surface area contributed by atoms with E-state index in [1.54, 1.807) is 0 Å². The van der Waals surface area contributed by atoms with Crippen molar-refractivity contribution >= 4 is 5.78 Å². The van der Waals surface area contributed by atoms with Crippen LogP contribution in [0.2, 0.25) is 0 Å². The molecule has 0 amide bonds. The van der Waals surface area contributed by atoms with E-state index in [-0.39, 0.29) is 5.78 Å². The number of carbonyl (C=O) groups excluding carboxylic acids is 1. The van der Waals surface area contributed by atoms with Crippen LogP contribution < -0.4 is 0 Å². The lowest BCUT2D eigenvalue weighted by Gasteiger charge is -2.20. The van der Waals surface area contributed by atoms with E-state index in [0.717, 1.165) is 36.2 Å². The van der Waals surface area contributed by atoms with Gasteiger partial charge in [-0.1, -0.05) is 31.5 Å². The van der Waals surface area contributed by atoms with Gasteiger partial charge >= 0.3 is 0 Å². The number of likely N-dealkylation sites (N-methyl/N-ethyl adjacent to an activating group) is 1. The van der Waals surface area contributed by atoms with Gasteiger partial charge in [0.2, 0.25) is 0 Å². The molecule has 1 aromatic rings. The van der Waals surface area contributed by atoms with Crippen molar-refractivity contribution in [2.75, 3.05) is 19.6 Å². The highest BCUT2D eigenvalue weighted by atomic mass is 16.1. The largest absolute Gasteiger partial charge is 0.296 e. The monoisotopic (exact) mass is 247 g/mol. The highest BCUT2D eigenvalue weighted by Crippen LogP contribution is 2.17. The summed E-state index contributed by atoms with van der Waals surface area (Å²) >= 11 is 0. The van der Waals surface area contributed by atoms with Gasteiger partial charge in [-0.2, -0.15) is 0 Å². The van der Waals surface area contributed by atoms with Gasteiger partial charge in [0.05, 0.1) is 6.54 Å². The maximum absolute atomic E-state index is 12.4. The Kier molecular flexibility index (Phi) is 5.54. The molecular weight excluding hydrogens is 222 g/mol. The van der Waals surface area contributed by atoms with Gasteiger partial charge in [0.1, 0.15) is 0 Å². The van der Waals surface area contributed by atoms with E-state index >= 15 is 0 Å². The van der Waals surface area contributed by atoms with Crippen molar-refractivity contribution in [2.45, 2.75) is 41.0 Å². The third-order valence-corrected chi connectivity index (χ3v) is 3.31. The van der Waals surface area contributed by atoms with E-state index in [0.29, 0.717) is 6.54 Å². The average Bonchev–Trinajstić information content (AvgIpc) is 2.26. The van der Waals surface area contributed by atoms with Crippen LogP contribution in [0.5, 0.6) is 0 Å². The van der Waals surface area contributed by atoms with Crippen LogP contribution in [-0.2, 0) is 0 Å². The molecule has 0 atom stereocenters. The van der Waals surface area contributed by atoms with Gasteiger partial charge < -0.3 is 0 Å². The summed E-state index contributed by atoms with van der Waals surface area (Å²) in [5.41, 5.74) is 4.34.